The Morgan fingerprint density at radius 1 is 0.956 bits per heavy atom. The molecule has 0 atom stereocenters. The summed E-state index contributed by atoms with van der Waals surface area (Å²) in [5, 5.41) is 3.02. The van der Waals surface area contributed by atoms with Crippen LogP contribution >= 0.6 is 46.3 Å². The zero-order valence-electron chi connectivity index (χ0n) is 25.0. The fourth-order valence-electron chi connectivity index (χ4n) is 5.81. The van der Waals surface area contributed by atoms with Crippen molar-refractivity contribution in [2.75, 3.05) is 23.0 Å². The highest BCUT2D eigenvalue weighted by atomic mass is 35.5. The van der Waals surface area contributed by atoms with E-state index in [2.05, 4.69) is 32.9 Å². The smallest absolute Gasteiger partial charge is 0.263 e. The molecule has 2 heterocycles. The van der Waals surface area contributed by atoms with Crippen LogP contribution < -0.4 is 9.47 Å². The van der Waals surface area contributed by atoms with Crippen LogP contribution in [0.1, 0.15) is 51.5 Å². The molecule has 45 heavy (non-hydrogen) atoms. The van der Waals surface area contributed by atoms with E-state index in [1.807, 2.05) is 45.9 Å². The second-order valence-corrected chi connectivity index (χ2v) is 18.2. The minimum absolute atomic E-state index is 0.0694. The van der Waals surface area contributed by atoms with E-state index in [1.54, 1.807) is 23.1 Å². The van der Waals surface area contributed by atoms with Gasteiger partial charge < -0.3 is 14.0 Å². The number of thiazole rings is 1. The fourth-order valence-corrected chi connectivity index (χ4v) is 9.38. The van der Waals surface area contributed by atoms with Crippen LogP contribution in [-0.4, -0.2) is 44.0 Å². The number of fused-ring (bicyclic) bond motifs is 2. The lowest BCUT2D eigenvalue weighted by molar-refractivity contribution is -0.668. The van der Waals surface area contributed by atoms with Crippen molar-refractivity contribution >= 4 is 88.5 Å². The van der Waals surface area contributed by atoms with E-state index in [1.165, 1.54) is 0 Å². The summed E-state index contributed by atoms with van der Waals surface area (Å²) in [7, 11) is -8.67. The standard InChI is InChI=1S/C31H34Cl2N2O6S4/c1-20-21(14-29-34(10-4-12-44(36,37)38)25-16-23(32)6-8-27(25)42-29)18-31(2,3)19-22(20)15-30-35(11-5-13-45(39,40)41)26-17-24(33)7-9-28(26)43-30/h6-9,14-17H,4-5,10-13,18-19H2,1-3H3,(H-,36,37,38,39,40,41)/p-1. The van der Waals surface area contributed by atoms with Crippen molar-refractivity contribution in [1.82, 2.24) is 0 Å². The van der Waals surface area contributed by atoms with Gasteiger partial charge in [0.05, 0.1) is 31.0 Å². The maximum Gasteiger partial charge on any atom is 0.263 e. The maximum atomic E-state index is 11.3. The van der Waals surface area contributed by atoms with Gasteiger partial charge in [-0.3, -0.25) is 0 Å². The average molecular weight is 729 g/mol. The molecule has 0 fully saturated rings. The highest BCUT2D eigenvalue weighted by Gasteiger charge is 2.32. The first-order valence-electron chi connectivity index (χ1n) is 14.3. The summed E-state index contributed by atoms with van der Waals surface area (Å²) in [4.78, 5) is 3.04. The summed E-state index contributed by atoms with van der Waals surface area (Å²) in [6.07, 6.45) is 6.34. The molecular formula is C31H33Cl2N2O6S4-. The van der Waals surface area contributed by atoms with Gasteiger partial charge in [0, 0.05) is 51.6 Å². The van der Waals surface area contributed by atoms with E-state index in [9.17, 15) is 25.9 Å². The molecule has 0 saturated heterocycles. The molecule has 1 aliphatic heterocycles. The van der Waals surface area contributed by atoms with Crippen LogP contribution in [0.2, 0.25) is 10.0 Å². The Bertz CT molecular complexity index is 1960. The number of nitrogens with zero attached hydrogens (tertiary/aromatic N) is 2. The van der Waals surface area contributed by atoms with Crippen molar-refractivity contribution in [3.63, 3.8) is 0 Å². The zero-order valence-corrected chi connectivity index (χ0v) is 29.8. The van der Waals surface area contributed by atoms with Gasteiger partial charge in [-0.1, -0.05) is 60.1 Å². The lowest BCUT2D eigenvalue weighted by atomic mass is 9.72. The van der Waals surface area contributed by atoms with Gasteiger partial charge in [0.15, 0.2) is 6.54 Å². The molecule has 0 saturated carbocycles. The van der Waals surface area contributed by atoms with Crippen molar-refractivity contribution < 1.29 is 30.5 Å². The van der Waals surface area contributed by atoms with E-state index in [0.29, 0.717) is 23.1 Å². The zero-order chi connectivity index (χ0) is 32.7. The number of allylic oxidation sites excluding steroid dienone is 4. The van der Waals surface area contributed by atoms with Crippen LogP contribution in [0.4, 0.5) is 5.69 Å². The summed E-state index contributed by atoms with van der Waals surface area (Å²) in [5.41, 5.74) is 5.12. The first-order valence-corrected chi connectivity index (χ1v) is 19.9. The molecule has 0 N–H and O–H groups in total. The van der Waals surface area contributed by atoms with E-state index in [0.717, 1.165) is 60.4 Å². The van der Waals surface area contributed by atoms with Crippen LogP contribution in [0.3, 0.4) is 0 Å². The Morgan fingerprint density at radius 2 is 1.62 bits per heavy atom. The van der Waals surface area contributed by atoms with Crippen LogP contribution in [-0.2, 0) is 26.8 Å². The first kappa shape index (κ1) is 34.4. The Labute approximate surface area is 282 Å². The topological polar surface area (TPSA) is 122 Å². The van der Waals surface area contributed by atoms with Crippen LogP contribution in [0.15, 0.2) is 69.1 Å². The number of rotatable bonds is 10. The molecule has 0 spiro atoms. The lowest BCUT2D eigenvalue weighted by Gasteiger charge is -2.33. The summed E-state index contributed by atoms with van der Waals surface area (Å²) in [6.45, 7) is 7.25. The Morgan fingerprint density at radius 3 is 2.33 bits per heavy atom. The molecule has 5 rings (SSSR count). The average Bonchev–Trinajstić information content (AvgIpc) is 3.42. The number of aromatic nitrogens is 1. The molecule has 0 amide bonds. The molecule has 0 bridgehead atoms. The number of hydrogen-bond donors (Lipinski definition) is 0. The fraction of sp³-hybridized carbons (Fsp3) is 0.387. The number of benzene rings is 2. The van der Waals surface area contributed by atoms with Crippen molar-refractivity contribution in [2.45, 2.75) is 57.9 Å². The molecule has 0 radical (unpaired) electrons. The van der Waals surface area contributed by atoms with Gasteiger partial charge in [-0.2, -0.15) is 4.57 Å². The second kappa shape index (κ2) is 13.3. The molecular weight excluding hydrogens is 696 g/mol. The largest absolute Gasteiger partial charge is 0.748 e. The molecule has 14 heteroatoms. The number of hydrogen-bond acceptors (Lipinski definition) is 9. The molecule has 1 aromatic heterocycles. The predicted molar refractivity (Wildman–Crippen MR) is 182 cm³/mol. The SMILES string of the molecule is CC1=C(/C=C2\Sc3ccc(Cl)cc3N2CCCS(=O)(=O)[O-])CC(C)(C)C/C1=C\c1sc2ccc(Cl)cc2[n+]1CCCS(=O)(=O)[O-]. The maximum absolute atomic E-state index is 11.3. The molecule has 1 aliphatic carbocycles. The van der Waals surface area contributed by atoms with Crippen LogP contribution in [0.25, 0.3) is 16.3 Å². The molecule has 2 aliphatic rings. The third kappa shape index (κ3) is 8.72. The lowest BCUT2D eigenvalue weighted by Crippen LogP contribution is -2.36. The van der Waals surface area contributed by atoms with E-state index < -0.39 is 31.7 Å². The minimum Gasteiger partial charge on any atom is -0.748 e. The van der Waals surface area contributed by atoms with Crippen molar-refractivity contribution in [3.05, 3.63) is 79.3 Å². The quantitative estimate of drug-likeness (QED) is 0.157. The monoisotopic (exact) mass is 727 g/mol. The van der Waals surface area contributed by atoms with Gasteiger partial charge in [-0.25, -0.2) is 16.8 Å². The van der Waals surface area contributed by atoms with Gasteiger partial charge >= 0.3 is 0 Å². The van der Waals surface area contributed by atoms with Gasteiger partial charge in [-0.15, -0.1) is 0 Å². The van der Waals surface area contributed by atoms with Crippen molar-refractivity contribution in [2.24, 2.45) is 5.41 Å². The molecule has 2 aromatic carbocycles. The number of anilines is 1. The van der Waals surface area contributed by atoms with E-state index in [4.69, 9.17) is 23.2 Å². The van der Waals surface area contributed by atoms with Crippen LogP contribution in [0, 0.1) is 5.41 Å². The summed E-state index contributed by atoms with van der Waals surface area (Å²) < 4.78 is 71.0. The number of thioether (sulfide) groups is 1. The Kier molecular flexibility index (Phi) is 10.2. The van der Waals surface area contributed by atoms with Gasteiger partial charge in [0.2, 0.25) is 5.52 Å². The van der Waals surface area contributed by atoms with E-state index >= 15 is 0 Å². The van der Waals surface area contributed by atoms with Gasteiger partial charge in [-0.05, 0) is 84.7 Å². The van der Waals surface area contributed by atoms with Gasteiger partial charge in [0.1, 0.15) is 4.70 Å². The molecule has 0 unspecified atom stereocenters. The normalized spacial score (nSPS) is 18.9. The number of halogens is 2. The molecule has 8 nitrogen and oxygen atoms in total. The third-order valence-electron chi connectivity index (χ3n) is 7.83. The first-order chi connectivity index (χ1) is 21.0. The molecule has 3 aromatic rings. The summed E-state index contributed by atoms with van der Waals surface area (Å²) in [6, 6.07) is 11.3. The van der Waals surface area contributed by atoms with E-state index in [-0.39, 0.29) is 18.3 Å². The minimum atomic E-state index is -4.34. The van der Waals surface area contributed by atoms with Crippen molar-refractivity contribution in [3.8, 4) is 0 Å². The van der Waals surface area contributed by atoms with Crippen LogP contribution in [0.5, 0.6) is 0 Å². The highest BCUT2D eigenvalue weighted by Crippen LogP contribution is 2.50. The second-order valence-electron chi connectivity index (χ2n) is 12.1. The predicted octanol–water partition coefficient (Wildman–Crippen LogP) is 7.34. The number of aryl methyl sites for hydroxylation is 1. The Balaban J connectivity index is 1.55. The van der Waals surface area contributed by atoms with Crippen molar-refractivity contribution in [1.29, 1.82) is 0 Å². The Hall–Kier alpha value is -1.90. The van der Waals surface area contributed by atoms with Gasteiger partial charge in [0.25, 0.3) is 5.01 Å². The summed E-state index contributed by atoms with van der Waals surface area (Å²) in [5.74, 6) is -0.889. The summed E-state index contributed by atoms with van der Waals surface area (Å²) >= 11 is 15.8. The highest BCUT2D eigenvalue weighted by molar-refractivity contribution is 8.03. The third-order valence-corrected chi connectivity index (χ3v) is 12.1. The molecule has 242 valence electrons.